The van der Waals surface area contributed by atoms with Crippen molar-refractivity contribution >= 4 is 22.5 Å². The molecule has 1 aromatic carbocycles. The fourth-order valence-corrected chi connectivity index (χ4v) is 1.86. The molecular formula is C15H19N3O. The zero-order chi connectivity index (χ0) is 14.0. The molecule has 1 unspecified atom stereocenters. The Bertz CT molecular complexity index is 607. The number of nitrogens with one attached hydrogen (secondary N) is 1. The Kier molecular flexibility index (Phi) is 3.81. The van der Waals surface area contributed by atoms with Crippen LogP contribution in [0, 0.1) is 12.8 Å². The van der Waals surface area contributed by atoms with Crippen molar-refractivity contribution < 1.29 is 4.79 Å². The van der Waals surface area contributed by atoms with Crippen LogP contribution in [-0.4, -0.2) is 16.9 Å². The number of hydrogen-bond acceptors (Lipinski definition) is 3. The average molecular weight is 257 g/mol. The number of carbonyl (C=O) groups excluding carboxylic acids is 1. The first kappa shape index (κ1) is 13.5. The molecule has 4 heteroatoms. The molecule has 1 atom stereocenters. The maximum Gasteiger partial charge on any atom is 0.241 e. The van der Waals surface area contributed by atoms with Gasteiger partial charge >= 0.3 is 0 Å². The minimum Gasteiger partial charge on any atom is -0.323 e. The molecule has 0 aliphatic rings. The molecule has 3 N–H and O–H groups in total. The van der Waals surface area contributed by atoms with Gasteiger partial charge in [-0.25, -0.2) is 0 Å². The highest BCUT2D eigenvalue weighted by atomic mass is 16.2. The summed E-state index contributed by atoms with van der Waals surface area (Å²) in [6.07, 6.45) is 0. The van der Waals surface area contributed by atoms with Crippen molar-refractivity contribution in [1.82, 2.24) is 4.98 Å². The Morgan fingerprint density at radius 2 is 2.00 bits per heavy atom. The molecule has 2 rings (SSSR count). The summed E-state index contributed by atoms with van der Waals surface area (Å²) in [5, 5.41) is 3.87. The zero-order valence-corrected chi connectivity index (χ0v) is 11.5. The van der Waals surface area contributed by atoms with E-state index in [1.165, 1.54) is 0 Å². The maximum absolute atomic E-state index is 12.0. The van der Waals surface area contributed by atoms with E-state index in [9.17, 15) is 4.79 Å². The van der Waals surface area contributed by atoms with Crippen LogP contribution < -0.4 is 11.1 Å². The van der Waals surface area contributed by atoms with Crippen LogP contribution in [0.2, 0.25) is 0 Å². The first-order valence-electron chi connectivity index (χ1n) is 6.42. The maximum atomic E-state index is 12.0. The molecule has 1 aromatic heterocycles. The Balaban J connectivity index is 2.35. The van der Waals surface area contributed by atoms with E-state index < -0.39 is 6.04 Å². The number of aromatic nitrogens is 1. The number of carbonyl (C=O) groups is 1. The number of nitrogens with two attached hydrogens (primary N) is 1. The van der Waals surface area contributed by atoms with Crippen LogP contribution in [0.15, 0.2) is 30.3 Å². The monoisotopic (exact) mass is 257 g/mol. The zero-order valence-electron chi connectivity index (χ0n) is 11.5. The summed E-state index contributed by atoms with van der Waals surface area (Å²) < 4.78 is 0. The molecule has 0 aliphatic carbocycles. The van der Waals surface area contributed by atoms with E-state index in [0.717, 1.165) is 16.6 Å². The SMILES string of the molecule is Cc1ccc2cccc(NC(=O)C(N)C(C)C)c2n1. The lowest BCUT2D eigenvalue weighted by Crippen LogP contribution is -2.39. The van der Waals surface area contributed by atoms with Crippen LogP contribution in [0.25, 0.3) is 10.9 Å². The predicted octanol–water partition coefficient (Wildman–Crippen LogP) is 2.47. The second kappa shape index (κ2) is 5.36. The minimum atomic E-state index is -0.514. The van der Waals surface area contributed by atoms with Gasteiger partial charge in [-0.3, -0.25) is 9.78 Å². The van der Waals surface area contributed by atoms with Crippen LogP contribution >= 0.6 is 0 Å². The van der Waals surface area contributed by atoms with E-state index >= 15 is 0 Å². The van der Waals surface area contributed by atoms with Gasteiger partial charge in [0.05, 0.1) is 17.2 Å². The number of aryl methyl sites for hydroxylation is 1. The fraction of sp³-hybridized carbons (Fsp3) is 0.333. The fourth-order valence-electron chi connectivity index (χ4n) is 1.86. The van der Waals surface area contributed by atoms with Gasteiger partial charge in [-0.2, -0.15) is 0 Å². The van der Waals surface area contributed by atoms with Crippen LogP contribution in [-0.2, 0) is 4.79 Å². The summed E-state index contributed by atoms with van der Waals surface area (Å²) in [4.78, 5) is 16.5. The Labute approximate surface area is 113 Å². The number of rotatable bonds is 3. The summed E-state index contributed by atoms with van der Waals surface area (Å²) in [5.41, 5.74) is 8.28. The van der Waals surface area contributed by atoms with Crippen LogP contribution in [0.1, 0.15) is 19.5 Å². The molecule has 0 aliphatic heterocycles. The van der Waals surface area contributed by atoms with Gasteiger partial charge in [-0.1, -0.05) is 32.0 Å². The molecule has 100 valence electrons. The lowest BCUT2D eigenvalue weighted by Gasteiger charge is -2.16. The standard InChI is InChI=1S/C15H19N3O/c1-9(2)13(16)15(19)18-12-6-4-5-11-8-7-10(3)17-14(11)12/h4-9,13H,16H2,1-3H3,(H,18,19). The molecular weight excluding hydrogens is 238 g/mol. The van der Waals surface area contributed by atoms with Gasteiger partial charge in [0.15, 0.2) is 0 Å². The summed E-state index contributed by atoms with van der Waals surface area (Å²) in [6, 6.07) is 9.15. The third-order valence-corrected chi connectivity index (χ3v) is 3.14. The minimum absolute atomic E-state index is 0.102. The number of para-hydroxylation sites is 1. The number of benzene rings is 1. The van der Waals surface area contributed by atoms with Crippen molar-refractivity contribution in [2.24, 2.45) is 11.7 Å². The summed E-state index contributed by atoms with van der Waals surface area (Å²) >= 11 is 0. The molecule has 4 nitrogen and oxygen atoms in total. The number of fused-ring (bicyclic) bond motifs is 1. The van der Waals surface area contributed by atoms with Gasteiger partial charge in [0.1, 0.15) is 0 Å². The molecule has 2 aromatic rings. The number of nitrogens with zero attached hydrogens (tertiary/aromatic N) is 1. The second-order valence-electron chi connectivity index (χ2n) is 5.09. The first-order valence-corrected chi connectivity index (χ1v) is 6.42. The highest BCUT2D eigenvalue weighted by molar-refractivity contribution is 6.02. The van der Waals surface area contributed by atoms with Gasteiger partial charge in [0.2, 0.25) is 5.91 Å². The summed E-state index contributed by atoms with van der Waals surface area (Å²) in [7, 11) is 0. The first-order chi connectivity index (χ1) is 8.99. The van der Waals surface area contributed by atoms with Crippen molar-refractivity contribution in [2.75, 3.05) is 5.32 Å². The van der Waals surface area contributed by atoms with Gasteiger partial charge in [0, 0.05) is 11.1 Å². The highest BCUT2D eigenvalue weighted by Crippen LogP contribution is 2.22. The van der Waals surface area contributed by atoms with Gasteiger partial charge in [-0.05, 0) is 25.0 Å². The Morgan fingerprint density at radius 3 is 2.68 bits per heavy atom. The number of anilines is 1. The van der Waals surface area contributed by atoms with E-state index in [0.29, 0.717) is 5.69 Å². The van der Waals surface area contributed by atoms with Crippen LogP contribution in [0.5, 0.6) is 0 Å². The molecule has 0 fully saturated rings. The number of pyridine rings is 1. The van der Waals surface area contributed by atoms with E-state index in [2.05, 4.69) is 10.3 Å². The molecule has 0 saturated carbocycles. The number of hydrogen-bond donors (Lipinski definition) is 2. The largest absolute Gasteiger partial charge is 0.323 e. The van der Waals surface area contributed by atoms with Gasteiger partial charge in [0.25, 0.3) is 0 Å². The molecule has 0 spiro atoms. The molecule has 1 amide bonds. The van der Waals surface area contributed by atoms with Crippen LogP contribution in [0.3, 0.4) is 0 Å². The lowest BCUT2D eigenvalue weighted by atomic mass is 10.0. The molecule has 0 saturated heterocycles. The van der Waals surface area contributed by atoms with Gasteiger partial charge in [-0.15, -0.1) is 0 Å². The van der Waals surface area contributed by atoms with Crippen molar-refractivity contribution in [3.8, 4) is 0 Å². The third kappa shape index (κ3) is 2.90. The van der Waals surface area contributed by atoms with Gasteiger partial charge < -0.3 is 11.1 Å². The summed E-state index contributed by atoms with van der Waals surface area (Å²) in [6.45, 7) is 5.78. The third-order valence-electron chi connectivity index (χ3n) is 3.14. The van der Waals surface area contributed by atoms with Crippen molar-refractivity contribution in [3.63, 3.8) is 0 Å². The topological polar surface area (TPSA) is 68.0 Å². The van der Waals surface area contributed by atoms with Crippen molar-refractivity contribution in [3.05, 3.63) is 36.0 Å². The molecule has 0 bridgehead atoms. The van der Waals surface area contributed by atoms with Crippen LogP contribution in [0.4, 0.5) is 5.69 Å². The quantitative estimate of drug-likeness (QED) is 0.887. The summed E-state index contributed by atoms with van der Waals surface area (Å²) in [5.74, 6) is -0.0736. The number of amides is 1. The van der Waals surface area contributed by atoms with E-state index in [-0.39, 0.29) is 11.8 Å². The van der Waals surface area contributed by atoms with Crippen molar-refractivity contribution in [1.29, 1.82) is 0 Å². The molecule has 0 radical (unpaired) electrons. The Morgan fingerprint density at radius 1 is 1.26 bits per heavy atom. The van der Waals surface area contributed by atoms with Crippen molar-refractivity contribution in [2.45, 2.75) is 26.8 Å². The highest BCUT2D eigenvalue weighted by Gasteiger charge is 2.18. The molecule has 1 heterocycles. The second-order valence-corrected chi connectivity index (χ2v) is 5.09. The normalized spacial score (nSPS) is 12.7. The predicted molar refractivity (Wildman–Crippen MR) is 77.9 cm³/mol. The Hall–Kier alpha value is -1.94. The van der Waals surface area contributed by atoms with E-state index in [1.54, 1.807) is 0 Å². The molecule has 19 heavy (non-hydrogen) atoms. The van der Waals surface area contributed by atoms with E-state index in [1.807, 2.05) is 51.1 Å². The average Bonchev–Trinajstić information content (AvgIpc) is 2.38. The smallest absolute Gasteiger partial charge is 0.241 e. The van der Waals surface area contributed by atoms with E-state index in [4.69, 9.17) is 5.73 Å². The lowest BCUT2D eigenvalue weighted by molar-refractivity contribution is -0.118.